The molecule has 0 saturated carbocycles. The van der Waals surface area contributed by atoms with E-state index in [2.05, 4.69) is 25.8 Å². The van der Waals surface area contributed by atoms with Gasteiger partial charge in [-0.25, -0.2) is 0 Å². The summed E-state index contributed by atoms with van der Waals surface area (Å²) in [5, 5.41) is 0. The van der Waals surface area contributed by atoms with Crippen molar-refractivity contribution in [2.45, 2.75) is 73.0 Å². The Kier molecular flexibility index (Phi) is 5.66. The highest BCUT2D eigenvalue weighted by molar-refractivity contribution is 6.61. The van der Waals surface area contributed by atoms with Gasteiger partial charge in [-0.3, -0.25) is 4.98 Å². The van der Waals surface area contributed by atoms with Crippen LogP contribution in [0.5, 0.6) is 5.75 Å². The van der Waals surface area contributed by atoms with E-state index in [1.165, 1.54) is 6.42 Å². The molecule has 0 radical (unpaired) electrons. The monoisotopic (exact) mass is 333 g/mol. The molecule has 1 fully saturated rings. The number of nitrogens with zero attached hydrogens (tertiary/aromatic N) is 1. The molecule has 1 atom stereocenters. The van der Waals surface area contributed by atoms with Crippen molar-refractivity contribution in [3.05, 3.63) is 17.8 Å². The molecule has 0 N–H and O–H groups in total. The van der Waals surface area contributed by atoms with Crippen LogP contribution in [-0.2, 0) is 9.31 Å². The summed E-state index contributed by atoms with van der Waals surface area (Å²) in [5.41, 5.74) is 0.969. The summed E-state index contributed by atoms with van der Waals surface area (Å²) in [6.45, 7) is 17.6. The van der Waals surface area contributed by atoms with Gasteiger partial charge in [0.1, 0.15) is 5.75 Å². The summed E-state index contributed by atoms with van der Waals surface area (Å²) < 4.78 is 18.1. The summed E-state index contributed by atoms with van der Waals surface area (Å²) in [6, 6.07) is 3.92. The third-order valence-corrected chi connectivity index (χ3v) is 4.95. The molecule has 4 nitrogen and oxygen atoms in total. The van der Waals surface area contributed by atoms with Gasteiger partial charge in [0.2, 0.25) is 0 Å². The molecule has 5 heteroatoms. The van der Waals surface area contributed by atoms with Gasteiger partial charge in [0, 0.05) is 0 Å². The molecule has 0 unspecified atom stereocenters. The lowest BCUT2D eigenvalue weighted by atomic mass is 9.84. The first-order valence-electron chi connectivity index (χ1n) is 8.98. The van der Waals surface area contributed by atoms with Gasteiger partial charge in [-0.1, -0.05) is 20.8 Å². The Morgan fingerprint density at radius 3 is 2.17 bits per heavy atom. The lowest BCUT2D eigenvalue weighted by Crippen LogP contribution is -2.41. The predicted octanol–water partition coefficient (Wildman–Crippen LogP) is 3.75. The SMILES string of the molecule is Cc1nc(B2OC(C)(C)C(C)(C)O2)ccc1OC[C@H](C)CC(C)C. The Bertz CT molecular complexity index is 556. The number of pyridine rings is 1. The van der Waals surface area contributed by atoms with Crippen molar-refractivity contribution in [3.8, 4) is 5.75 Å². The first-order valence-corrected chi connectivity index (χ1v) is 8.98. The second kappa shape index (κ2) is 7.05. The fourth-order valence-corrected chi connectivity index (χ4v) is 2.92. The van der Waals surface area contributed by atoms with Gasteiger partial charge in [0.05, 0.1) is 29.1 Å². The van der Waals surface area contributed by atoms with Gasteiger partial charge in [0.25, 0.3) is 0 Å². The van der Waals surface area contributed by atoms with Crippen LogP contribution in [0, 0.1) is 18.8 Å². The maximum absolute atomic E-state index is 6.06. The zero-order chi connectivity index (χ0) is 18.1. The molecule has 134 valence electrons. The molecule has 0 bridgehead atoms. The molecular weight excluding hydrogens is 301 g/mol. The molecule has 1 aliphatic rings. The molecule has 1 aromatic heterocycles. The van der Waals surface area contributed by atoms with Crippen LogP contribution in [0.1, 0.15) is 60.6 Å². The van der Waals surface area contributed by atoms with Crippen molar-refractivity contribution in [1.82, 2.24) is 4.98 Å². The standard InChI is InChI=1S/C19H32BNO3/c1-13(2)11-14(3)12-22-16-9-10-17(21-15(16)4)20-23-18(5,6)19(7,8)24-20/h9-10,13-14H,11-12H2,1-8H3/t14-/m1/s1. The summed E-state index contributed by atoms with van der Waals surface area (Å²) in [7, 11) is -0.428. The molecule has 0 aromatic carbocycles. The summed E-state index contributed by atoms with van der Waals surface area (Å²) in [4.78, 5) is 4.65. The Hall–Kier alpha value is -1.07. The van der Waals surface area contributed by atoms with Gasteiger partial charge in [-0.05, 0) is 65.0 Å². The van der Waals surface area contributed by atoms with Crippen LogP contribution in [0.3, 0.4) is 0 Å². The van der Waals surface area contributed by atoms with E-state index in [1.54, 1.807) is 0 Å². The average molecular weight is 333 g/mol. The highest BCUT2D eigenvalue weighted by atomic mass is 16.7. The maximum Gasteiger partial charge on any atom is 0.514 e. The van der Waals surface area contributed by atoms with Crippen molar-refractivity contribution in [1.29, 1.82) is 0 Å². The number of ether oxygens (including phenoxy) is 1. The number of hydrogen-bond acceptors (Lipinski definition) is 4. The molecule has 0 aliphatic carbocycles. The van der Waals surface area contributed by atoms with E-state index in [4.69, 9.17) is 14.0 Å². The normalized spacial score (nSPS) is 20.5. The Labute approximate surface area is 147 Å². The number of hydrogen-bond donors (Lipinski definition) is 0. The van der Waals surface area contributed by atoms with E-state index in [0.717, 1.165) is 23.6 Å². The third kappa shape index (κ3) is 4.31. The third-order valence-electron chi connectivity index (χ3n) is 4.95. The number of aromatic nitrogens is 1. The second-order valence-electron chi connectivity index (χ2n) is 8.45. The van der Waals surface area contributed by atoms with Gasteiger partial charge >= 0.3 is 7.12 Å². The van der Waals surface area contributed by atoms with Crippen molar-refractivity contribution in [2.24, 2.45) is 11.8 Å². The van der Waals surface area contributed by atoms with Gasteiger partial charge in [-0.2, -0.15) is 0 Å². The Morgan fingerprint density at radius 2 is 1.67 bits per heavy atom. The first kappa shape index (κ1) is 19.3. The molecule has 1 saturated heterocycles. The lowest BCUT2D eigenvalue weighted by molar-refractivity contribution is 0.00578. The number of rotatable bonds is 6. The molecule has 24 heavy (non-hydrogen) atoms. The highest BCUT2D eigenvalue weighted by Gasteiger charge is 2.52. The van der Waals surface area contributed by atoms with Crippen LogP contribution in [0.4, 0.5) is 0 Å². The largest absolute Gasteiger partial charge is 0.514 e. The summed E-state index contributed by atoms with van der Waals surface area (Å²) in [5.74, 6) is 2.06. The van der Waals surface area contributed by atoms with E-state index < -0.39 is 7.12 Å². The highest BCUT2D eigenvalue weighted by Crippen LogP contribution is 2.36. The summed E-state index contributed by atoms with van der Waals surface area (Å²) in [6.07, 6.45) is 1.17. The van der Waals surface area contributed by atoms with Gasteiger partial charge < -0.3 is 14.0 Å². The van der Waals surface area contributed by atoms with Gasteiger partial charge in [-0.15, -0.1) is 0 Å². The number of aryl methyl sites for hydroxylation is 1. The zero-order valence-electron chi connectivity index (χ0n) is 16.5. The first-order chi connectivity index (χ1) is 11.0. The minimum absolute atomic E-state index is 0.352. The zero-order valence-corrected chi connectivity index (χ0v) is 16.5. The predicted molar refractivity (Wildman–Crippen MR) is 98.8 cm³/mol. The fourth-order valence-electron chi connectivity index (χ4n) is 2.92. The fraction of sp³-hybridized carbons (Fsp3) is 0.737. The Morgan fingerprint density at radius 1 is 1.08 bits per heavy atom. The van der Waals surface area contributed by atoms with Crippen molar-refractivity contribution in [3.63, 3.8) is 0 Å². The van der Waals surface area contributed by atoms with Crippen LogP contribution in [0.25, 0.3) is 0 Å². The van der Waals surface area contributed by atoms with E-state index in [9.17, 15) is 0 Å². The second-order valence-corrected chi connectivity index (χ2v) is 8.45. The quantitative estimate of drug-likeness (QED) is 0.744. The molecule has 1 aliphatic heterocycles. The van der Waals surface area contributed by atoms with Crippen molar-refractivity contribution < 1.29 is 14.0 Å². The van der Waals surface area contributed by atoms with Crippen LogP contribution in [0.15, 0.2) is 12.1 Å². The minimum Gasteiger partial charge on any atom is -0.491 e. The van der Waals surface area contributed by atoms with Crippen LogP contribution in [-0.4, -0.2) is 29.9 Å². The van der Waals surface area contributed by atoms with Crippen LogP contribution < -0.4 is 10.3 Å². The topological polar surface area (TPSA) is 40.6 Å². The smallest absolute Gasteiger partial charge is 0.491 e. The average Bonchev–Trinajstić information content (AvgIpc) is 2.65. The molecule has 2 heterocycles. The van der Waals surface area contributed by atoms with E-state index >= 15 is 0 Å². The molecule has 2 rings (SSSR count). The van der Waals surface area contributed by atoms with Crippen molar-refractivity contribution in [2.75, 3.05) is 6.61 Å². The lowest BCUT2D eigenvalue weighted by Gasteiger charge is -2.32. The van der Waals surface area contributed by atoms with E-state index in [0.29, 0.717) is 11.8 Å². The molecule has 0 spiro atoms. The summed E-state index contributed by atoms with van der Waals surface area (Å²) >= 11 is 0. The minimum atomic E-state index is -0.428. The molecule has 1 aromatic rings. The van der Waals surface area contributed by atoms with Crippen LogP contribution >= 0.6 is 0 Å². The molecule has 0 amide bonds. The maximum atomic E-state index is 6.06. The Balaban J connectivity index is 2.03. The van der Waals surface area contributed by atoms with Crippen molar-refractivity contribution >= 4 is 12.7 Å². The van der Waals surface area contributed by atoms with Crippen LogP contribution in [0.2, 0.25) is 0 Å². The molecular formula is C19H32BNO3. The van der Waals surface area contributed by atoms with E-state index in [-0.39, 0.29) is 11.2 Å². The van der Waals surface area contributed by atoms with Gasteiger partial charge in [0.15, 0.2) is 0 Å². The van der Waals surface area contributed by atoms with E-state index in [1.807, 2.05) is 46.8 Å².